The van der Waals surface area contributed by atoms with Crippen LogP contribution in [0, 0.1) is 0 Å². The van der Waals surface area contributed by atoms with E-state index in [-0.39, 0.29) is 0 Å². The average Bonchev–Trinajstić information content (AvgIpc) is 3.95. The zero-order chi connectivity index (χ0) is 38.2. The lowest BCUT2D eigenvalue weighted by molar-refractivity contribution is 0.768. The van der Waals surface area contributed by atoms with Gasteiger partial charge in [0.25, 0.3) is 0 Å². The predicted octanol–water partition coefficient (Wildman–Crippen LogP) is 15.9. The first-order valence-corrected chi connectivity index (χ1v) is 21.5. The van der Waals surface area contributed by atoms with Gasteiger partial charge in [-0.2, -0.15) is 0 Å². The van der Waals surface area contributed by atoms with Gasteiger partial charge in [-0.05, 0) is 99.6 Å². The van der Waals surface area contributed by atoms with Gasteiger partial charge in [-0.15, -0.1) is 22.7 Å². The Bertz CT molecular complexity index is 3320. The van der Waals surface area contributed by atoms with Gasteiger partial charge in [-0.1, -0.05) is 152 Å². The summed E-state index contributed by atoms with van der Waals surface area (Å²) in [6.07, 6.45) is 0. The monoisotopic (exact) mass is 773 g/mol. The standard InChI is InChI=1S/C55H35NS2/c1-3-16-38(17-4-1)55(39-18-5-2-6-19-39)47-24-10-7-23-44(47)54-48(55)25-14-26-49(54)56(41-30-32-53-46(35-41)43-22-9-12-28-51(43)58-53)40-20-13-15-36(33-40)37-29-31-52-45(34-37)42-21-8-11-27-50(42)57-52/h1-35H. The Hall–Kier alpha value is -6.78. The summed E-state index contributed by atoms with van der Waals surface area (Å²) in [4.78, 5) is 2.51. The normalized spacial score (nSPS) is 13.0. The van der Waals surface area contributed by atoms with Crippen LogP contribution >= 0.6 is 22.7 Å². The summed E-state index contributed by atoms with van der Waals surface area (Å²) in [5.41, 5.74) is 13.0. The Balaban J connectivity index is 1.13. The third-order valence-electron chi connectivity index (χ3n) is 12.1. The molecule has 11 aromatic rings. The largest absolute Gasteiger partial charge is 0.310 e. The Morgan fingerprint density at radius 2 is 0.879 bits per heavy atom. The Labute approximate surface area is 345 Å². The minimum atomic E-state index is -0.496. The van der Waals surface area contributed by atoms with Crippen LogP contribution in [0.15, 0.2) is 212 Å². The van der Waals surface area contributed by atoms with Gasteiger partial charge >= 0.3 is 0 Å². The molecule has 1 aliphatic rings. The molecule has 0 amide bonds. The van der Waals surface area contributed by atoms with Crippen LogP contribution in [0.4, 0.5) is 17.1 Å². The van der Waals surface area contributed by atoms with Crippen molar-refractivity contribution >= 4 is 80.1 Å². The van der Waals surface area contributed by atoms with E-state index < -0.39 is 5.41 Å². The van der Waals surface area contributed by atoms with Crippen LogP contribution in [-0.4, -0.2) is 0 Å². The van der Waals surface area contributed by atoms with Gasteiger partial charge < -0.3 is 4.90 Å². The number of hydrogen-bond acceptors (Lipinski definition) is 3. The highest BCUT2D eigenvalue weighted by atomic mass is 32.1. The summed E-state index contributed by atoms with van der Waals surface area (Å²) >= 11 is 3.73. The van der Waals surface area contributed by atoms with E-state index in [2.05, 4.69) is 217 Å². The highest BCUT2D eigenvalue weighted by Gasteiger charge is 2.47. The van der Waals surface area contributed by atoms with Gasteiger partial charge in [0.05, 0.1) is 11.1 Å². The van der Waals surface area contributed by atoms with E-state index in [1.54, 1.807) is 0 Å². The van der Waals surface area contributed by atoms with Crippen molar-refractivity contribution in [2.24, 2.45) is 0 Å². The molecule has 2 heterocycles. The van der Waals surface area contributed by atoms with E-state index in [0.29, 0.717) is 0 Å². The van der Waals surface area contributed by atoms with Crippen molar-refractivity contribution in [3.05, 3.63) is 235 Å². The fourth-order valence-corrected chi connectivity index (χ4v) is 11.8. The maximum atomic E-state index is 2.51. The first-order chi connectivity index (χ1) is 28.8. The number of nitrogens with zero attached hydrogens (tertiary/aromatic N) is 1. The minimum absolute atomic E-state index is 0.496. The topological polar surface area (TPSA) is 3.24 Å². The van der Waals surface area contributed by atoms with E-state index in [1.807, 2.05) is 22.7 Å². The van der Waals surface area contributed by atoms with E-state index in [0.717, 1.165) is 17.1 Å². The molecule has 0 N–H and O–H groups in total. The zero-order valence-corrected chi connectivity index (χ0v) is 33.1. The molecule has 0 aliphatic heterocycles. The average molecular weight is 774 g/mol. The number of fused-ring (bicyclic) bond motifs is 9. The molecule has 9 aromatic carbocycles. The summed E-state index contributed by atoms with van der Waals surface area (Å²) in [6, 6.07) is 78.9. The molecule has 0 atom stereocenters. The Morgan fingerprint density at radius 1 is 0.345 bits per heavy atom. The maximum Gasteiger partial charge on any atom is 0.0714 e. The van der Waals surface area contributed by atoms with Crippen molar-refractivity contribution in [3.8, 4) is 22.3 Å². The SMILES string of the molecule is c1ccc(C2(c3ccccc3)c3ccccc3-c3c(N(c4cccc(-c5ccc6sc7ccccc7c6c5)c4)c4ccc5sc6ccccc6c5c4)cccc32)cc1. The maximum absolute atomic E-state index is 2.51. The lowest BCUT2D eigenvalue weighted by Crippen LogP contribution is -2.28. The first-order valence-electron chi connectivity index (χ1n) is 19.8. The van der Waals surface area contributed by atoms with E-state index in [4.69, 9.17) is 0 Å². The van der Waals surface area contributed by atoms with E-state index in [1.165, 1.54) is 84.9 Å². The molecule has 0 saturated carbocycles. The third kappa shape index (κ3) is 4.94. The van der Waals surface area contributed by atoms with Crippen LogP contribution in [0.25, 0.3) is 62.6 Å². The molecule has 0 radical (unpaired) electrons. The fourth-order valence-electron chi connectivity index (χ4n) is 9.67. The molecular formula is C55H35NS2. The van der Waals surface area contributed by atoms with Gasteiger partial charge in [-0.25, -0.2) is 0 Å². The number of benzene rings is 9. The Morgan fingerprint density at radius 3 is 1.60 bits per heavy atom. The van der Waals surface area contributed by atoms with Gasteiger partial charge in [0.15, 0.2) is 0 Å². The molecule has 1 nitrogen and oxygen atoms in total. The van der Waals surface area contributed by atoms with Crippen LogP contribution in [0.2, 0.25) is 0 Å². The molecule has 0 bridgehead atoms. The second-order valence-corrected chi connectivity index (χ2v) is 17.4. The molecule has 0 saturated heterocycles. The molecule has 12 rings (SSSR count). The van der Waals surface area contributed by atoms with Crippen LogP contribution in [0.3, 0.4) is 0 Å². The lowest BCUT2D eigenvalue weighted by Gasteiger charge is -2.34. The summed E-state index contributed by atoms with van der Waals surface area (Å²) in [5.74, 6) is 0. The van der Waals surface area contributed by atoms with Crippen molar-refractivity contribution < 1.29 is 0 Å². The van der Waals surface area contributed by atoms with E-state index in [9.17, 15) is 0 Å². The molecule has 3 heteroatoms. The van der Waals surface area contributed by atoms with Gasteiger partial charge in [-0.3, -0.25) is 0 Å². The summed E-state index contributed by atoms with van der Waals surface area (Å²) < 4.78 is 5.25. The van der Waals surface area contributed by atoms with Crippen LogP contribution in [0.5, 0.6) is 0 Å². The number of rotatable bonds is 6. The summed E-state index contributed by atoms with van der Waals surface area (Å²) in [7, 11) is 0. The molecule has 0 unspecified atom stereocenters. The quantitative estimate of drug-likeness (QED) is 0.163. The molecule has 58 heavy (non-hydrogen) atoms. The van der Waals surface area contributed by atoms with Crippen molar-refractivity contribution in [1.29, 1.82) is 0 Å². The molecule has 0 spiro atoms. The van der Waals surface area contributed by atoms with Crippen molar-refractivity contribution in [3.63, 3.8) is 0 Å². The van der Waals surface area contributed by atoms with Gasteiger partial charge in [0, 0.05) is 57.3 Å². The van der Waals surface area contributed by atoms with Gasteiger partial charge in [0.1, 0.15) is 0 Å². The highest BCUT2D eigenvalue weighted by molar-refractivity contribution is 7.26. The van der Waals surface area contributed by atoms with Crippen LogP contribution < -0.4 is 4.90 Å². The highest BCUT2D eigenvalue weighted by Crippen LogP contribution is 2.59. The molecule has 272 valence electrons. The second kappa shape index (κ2) is 13.1. The molecule has 0 fully saturated rings. The summed E-state index contributed by atoms with van der Waals surface area (Å²) in [6.45, 7) is 0. The Kier molecular flexibility index (Phi) is 7.56. The van der Waals surface area contributed by atoms with E-state index >= 15 is 0 Å². The van der Waals surface area contributed by atoms with Crippen LogP contribution in [0.1, 0.15) is 22.3 Å². The summed E-state index contributed by atoms with van der Waals surface area (Å²) in [5, 5.41) is 5.21. The minimum Gasteiger partial charge on any atom is -0.310 e. The van der Waals surface area contributed by atoms with Crippen molar-refractivity contribution in [1.82, 2.24) is 0 Å². The van der Waals surface area contributed by atoms with Crippen molar-refractivity contribution in [2.45, 2.75) is 5.41 Å². The third-order valence-corrected chi connectivity index (χ3v) is 14.4. The van der Waals surface area contributed by atoms with Gasteiger partial charge in [0.2, 0.25) is 0 Å². The smallest absolute Gasteiger partial charge is 0.0714 e. The molecule has 1 aliphatic carbocycles. The first kappa shape index (κ1) is 33.4. The number of hydrogen-bond donors (Lipinski definition) is 0. The van der Waals surface area contributed by atoms with Crippen molar-refractivity contribution in [2.75, 3.05) is 4.90 Å². The fraction of sp³-hybridized carbons (Fsp3) is 0.0182. The second-order valence-electron chi connectivity index (χ2n) is 15.2. The zero-order valence-electron chi connectivity index (χ0n) is 31.5. The number of anilines is 3. The molecule has 2 aromatic heterocycles. The predicted molar refractivity (Wildman–Crippen MR) is 250 cm³/mol. The lowest BCUT2D eigenvalue weighted by atomic mass is 9.68. The number of thiophene rings is 2. The van der Waals surface area contributed by atoms with Crippen LogP contribution in [-0.2, 0) is 5.41 Å². The molecular weight excluding hydrogens is 739 g/mol.